The standard InChI is InChI=1S/C16H16BrNOS/c1-10-2-4-15-11(6-10)7-13(19-15)9-20-16-5-3-12(18)8-14(16)17/h2-6,8,13H,7,9,18H2,1H3. The first-order valence-electron chi connectivity index (χ1n) is 6.56. The maximum atomic E-state index is 5.99. The van der Waals surface area contributed by atoms with Gasteiger partial charge in [0.2, 0.25) is 0 Å². The summed E-state index contributed by atoms with van der Waals surface area (Å²) >= 11 is 5.35. The molecule has 0 spiro atoms. The van der Waals surface area contributed by atoms with Gasteiger partial charge >= 0.3 is 0 Å². The molecule has 1 unspecified atom stereocenters. The molecule has 1 aliphatic rings. The summed E-state index contributed by atoms with van der Waals surface area (Å²) in [5.74, 6) is 1.98. The second-order valence-corrected chi connectivity index (χ2v) is 6.97. The van der Waals surface area contributed by atoms with Gasteiger partial charge in [-0.1, -0.05) is 17.7 Å². The number of anilines is 1. The van der Waals surface area contributed by atoms with Crippen LogP contribution >= 0.6 is 27.7 Å². The molecule has 1 aliphatic heterocycles. The fourth-order valence-electron chi connectivity index (χ4n) is 2.36. The van der Waals surface area contributed by atoms with E-state index in [0.717, 1.165) is 28.1 Å². The molecular formula is C16H16BrNOS. The van der Waals surface area contributed by atoms with E-state index in [1.54, 1.807) is 11.8 Å². The lowest BCUT2D eigenvalue weighted by Gasteiger charge is -2.11. The molecule has 2 aromatic carbocycles. The number of thioether (sulfide) groups is 1. The average Bonchev–Trinajstić information content (AvgIpc) is 2.79. The van der Waals surface area contributed by atoms with Crippen LogP contribution in [0.25, 0.3) is 0 Å². The van der Waals surface area contributed by atoms with Gasteiger partial charge < -0.3 is 10.5 Å². The molecule has 20 heavy (non-hydrogen) atoms. The minimum atomic E-state index is 0.251. The highest BCUT2D eigenvalue weighted by molar-refractivity contribution is 9.10. The van der Waals surface area contributed by atoms with Crippen LogP contribution in [0, 0.1) is 6.92 Å². The number of fused-ring (bicyclic) bond motifs is 1. The molecule has 0 fully saturated rings. The Morgan fingerprint density at radius 1 is 1.30 bits per heavy atom. The average molecular weight is 350 g/mol. The van der Waals surface area contributed by atoms with Crippen molar-refractivity contribution in [3.63, 3.8) is 0 Å². The third kappa shape index (κ3) is 2.96. The van der Waals surface area contributed by atoms with E-state index < -0.39 is 0 Å². The summed E-state index contributed by atoms with van der Waals surface area (Å²) in [6.07, 6.45) is 1.25. The molecule has 0 radical (unpaired) electrons. The van der Waals surface area contributed by atoms with Crippen molar-refractivity contribution >= 4 is 33.4 Å². The van der Waals surface area contributed by atoms with Gasteiger partial charge in [0.25, 0.3) is 0 Å². The third-order valence-electron chi connectivity index (χ3n) is 3.34. The van der Waals surface area contributed by atoms with Gasteiger partial charge in [0.05, 0.1) is 0 Å². The number of aryl methyl sites for hydroxylation is 1. The van der Waals surface area contributed by atoms with Crippen molar-refractivity contribution in [3.05, 3.63) is 52.0 Å². The van der Waals surface area contributed by atoms with Crippen molar-refractivity contribution in [3.8, 4) is 5.75 Å². The van der Waals surface area contributed by atoms with E-state index in [0.29, 0.717) is 0 Å². The minimum absolute atomic E-state index is 0.251. The first-order valence-corrected chi connectivity index (χ1v) is 8.33. The predicted molar refractivity (Wildman–Crippen MR) is 88.6 cm³/mol. The number of hydrogen-bond donors (Lipinski definition) is 1. The van der Waals surface area contributed by atoms with E-state index in [2.05, 4.69) is 47.1 Å². The number of rotatable bonds is 3. The van der Waals surface area contributed by atoms with Crippen molar-refractivity contribution in [2.45, 2.75) is 24.3 Å². The molecule has 4 heteroatoms. The van der Waals surface area contributed by atoms with E-state index in [1.807, 2.05) is 12.1 Å². The summed E-state index contributed by atoms with van der Waals surface area (Å²) in [4.78, 5) is 1.20. The molecule has 104 valence electrons. The monoisotopic (exact) mass is 349 g/mol. The first-order chi connectivity index (χ1) is 9.61. The normalized spacial score (nSPS) is 16.8. The highest BCUT2D eigenvalue weighted by Crippen LogP contribution is 2.34. The molecule has 2 aromatic rings. The second kappa shape index (κ2) is 5.70. The largest absolute Gasteiger partial charge is 0.489 e. The first kappa shape index (κ1) is 13.8. The number of hydrogen-bond acceptors (Lipinski definition) is 3. The molecule has 2 nitrogen and oxygen atoms in total. The molecule has 0 amide bonds. The molecule has 0 aromatic heterocycles. The number of benzene rings is 2. The SMILES string of the molecule is Cc1ccc2c(c1)CC(CSc1ccc(N)cc1Br)O2. The summed E-state index contributed by atoms with van der Waals surface area (Å²) in [6.45, 7) is 2.12. The van der Waals surface area contributed by atoms with Gasteiger partial charge in [-0.15, -0.1) is 11.8 Å². The highest BCUT2D eigenvalue weighted by Gasteiger charge is 2.23. The van der Waals surface area contributed by atoms with Crippen molar-refractivity contribution < 1.29 is 4.74 Å². The lowest BCUT2D eigenvalue weighted by Crippen LogP contribution is -2.15. The van der Waals surface area contributed by atoms with E-state index in [9.17, 15) is 0 Å². The fraction of sp³-hybridized carbons (Fsp3) is 0.250. The Balaban J connectivity index is 1.63. The zero-order valence-corrected chi connectivity index (χ0v) is 13.6. The van der Waals surface area contributed by atoms with E-state index in [1.165, 1.54) is 16.0 Å². The Kier molecular flexibility index (Phi) is 3.94. The van der Waals surface area contributed by atoms with Crippen LogP contribution in [0.5, 0.6) is 5.75 Å². The van der Waals surface area contributed by atoms with Gasteiger partial charge in [-0.3, -0.25) is 0 Å². The molecule has 1 atom stereocenters. The summed E-state index contributed by atoms with van der Waals surface area (Å²) < 4.78 is 7.04. The van der Waals surface area contributed by atoms with Gasteiger partial charge in [-0.25, -0.2) is 0 Å². The molecule has 0 saturated carbocycles. The summed E-state index contributed by atoms with van der Waals surface area (Å²) in [7, 11) is 0. The van der Waals surface area contributed by atoms with Gasteiger partial charge in [0.1, 0.15) is 11.9 Å². The molecule has 1 heterocycles. The van der Waals surface area contributed by atoms with E-state index in [4.69, 9.17) is 10.5 Å². The van der Waals surface area contributed by atoms with Crippen LogP contribution in [-0.4, -0.2) is 11.9 Å². The Morgan fingerprint density at radius 3 is 2.95 bits per heavy atom. The number of nitrogens with two attached hydrogens (primary N) is 1. The maximum absolute atomic E-state index is 5.99. The van der Waals surface area contributed by atoms with Gasteiger partial charge in [0.15, 0.2) is 0 Å². The van der Waals surface area contributed by atoms with E-state index in [-0.39, 0.29) is 6.10 Å². The zero-order valence-electron chi connectivity index (χ0n) is 11.2. The van der Waals surface area contributed by atoms with Crippen LogP contribution < -0.4 is 10.5 Å². The van der Waals surface area contributed by atoms with E-state index >= 15 is 0 Å². The fourth-order valence-corrected chi connectivity index (χ4v) is 4.01. The van der Waals surface area contributed by atoms with Crippen molar-refractivity contribution in [2.75, 3.05) is 11.5 Å². The smallest absolute Gasteiger partial charge is 0.123 e. The lowest BCUT2D eigenvalue weighted by atomic mass is 10.1. The zero-order chi connectivity index (χ0) is 14.1. The van der Waals surface area contributed by atoms with Crippen LogP contribution in [0.1, 0.15) is 11.1 Å². The molecule has 2 N–H and O–H groups in total. The van der Waals surface area contributed by atoms with Gasteiger partial charge in [-0.05, 0) is 52.7 Å². The lowest BCUT2D eigenvalue weighted by molar-refractivity contribution is 0.259. The van der Waals surface area contributed by atoms with Gasteiger partial charge in [-0.2, -0.15) is 0 Å². The van der Waals surface area contributed by atoms with Crippen molar-refractivity contribution in [2.24, 2.45) is 0 Å². The van der Waals surface area contributed by atoms with Gasteiger partial charge in [0, 0.05) is 27.2 Å². The predicted octanol–water partition coefficient (Wildman–Crippen LogP) is 4.44. The van der Waals surface area contributed by atoms with Crippen LogP contribution in [0.15, 0.2) is 45.8 Å². The number of halogens is 1. The molecule has 0 aliphatic carbocycles. The quantitative estimate of drug-likeness (QED) is 0.657. The van der Waals surface area contributed by atoms with Crippen LogP contribution in [-0.2, 0) is 6.42 Å². The topological polar surface area (TPSA) is 35.2 Å². The third-order valence-corrected chi connectivity index (χ3v) is 5.46. The number of nitrogen functional groups attached to an aromatic ring is 1. The Labute approximate surface area is 131 Å². The Morgan fingerprint density at radius 2 is 2.15 bits per heavy atom. The van der Waals surface area contributed by atoms with Crippen LogP contribution in [0.2, 0.25) is 0 Å². The summed E-state index contributed by atoms with van der Waals surface area (Å²) in [5.41, 5.74) is 9.15. The van der Waals surface area contributed by atoms with Crippen molar-refractivity contribution in [1.82, 2.24) is 0 Å². The highest BCUT2D eigenvalue weighted by atomic mass is 79.9. The second-order valence-electron chi connectivity index (χ2n) is 5.06. The minimum Gasteiger partial charge on any atom is -0.489 e. The summed E-state index contributed by atoms with van der Waals surface area (Å²) in [6, 6.07) is 12.3. The molecule has 0 saturated heterocycles. The Bertz CT molecular complexity index is 644. The van der Waals surface area contributed by atoms with Crippen molar-refractivity contribution in [1.29, 1.82) is 0 Å². The molecular weight excluding hydrogens is 334 g/mol. The molecule has 0 bridgehead atoms. The van der Waals surface area contributed by atoms with Crippen LogP contribution in [0.4, 0.5) is 5.69 Å². The Hall–Kier alpha value is -1.13. The molecule has 3 rings (SSSR count). The van der Waals surface area contributed by atoms with Crippen LogP contribution in [0.3, 0.4) is 0 Å². The summed E-state index contributed by atoms with van der Waals surface area (Å²) in [5, 5.41) is 0. The maximum Gasteiger partial charge on any atom is 0.123 e. The number of ether oxygens (including phenoxy) is 1.